The van der Waals surface area contributed by atoms with E-state index < -0.39 is 0 Å². The smallest absolute Gasteiger partial charge is 0.229 e. The molecule has 124 valence electrons. The lowest BCUT2D eigenvalue weighted by atomic mass is 9.99. The van der Waals surface area contributed by atoms with Gasteiger partial charge in [-0.25, -0.2) is 4.98 Å². The Morgan fingerprint density at radius 2 is 1.96 bits per heavy atom. The molecule has 0 radical (unpaired) electrons. The van der Waals surface area contributed by atoms with Crippen molar-refractivity contribution < 1.29 is 4.79 Å². The van der Waals surface area contributed by atoms with Crippen LogP contribution in [-0.4, -0.2) is 10.9 Å². The van der Waals surface area contributed by atoms with Gasteiger partial charge in [0.25, 0.3) is 0 Å². The highest BCUT2D eigenvalue weighted by molar-refractivity contribution is 7.14. The Labute approximate surface area is 143 Å². The minimum atomic E-state index is 0.0890. The fraction of sp³-hybridized carbons (Fsp3) is 0.474. The number of rotatable bonds is 8. The summed E-state index contributed by atoms with van der Waals surface area (Å²) in [6.45, 7) is 6.37. The van der Waals surface area contributed by atoms with E-state index in [4.69, 9.17) is 0 Å². The van der Waals surface area contributed by atoms with Crippen molar-refractivity contribution in [2.24, 2.45) is 5.92 Å². The van der Waals surface area contributed by atoms with Gasteiger partial charge in [0.2, 0.25) is 5.91 Å². The molecule has 23 heavy (non-hydrogen) atoms. The van der Waals surface area contributed by atoms with Gasteiger partial charge in [-0.1, -0.05) is 57.9 Å². The summed E-state index contributed by atoms with van der Waals surface area (Å²) in [5, 5.41) is 5.68. The Balaban J connectivity index is 2.02. The molecule has 0 spiro atoms. The van der Waals surface area contributed by atoms with Crippen LogP contribution < -0.4 is 5.32 Å². The molecule has 0 aliphatic heterocycles. The van der Waals surface area contributed by atoms with Crippen LogP contribution in [0.25, 0.3) is 11.3 Å². The molecule has 1 aromatic carbocycles. The highest BCUT2D eigenvalue weighted by Gasteiger charge is 2.17. The summed E-state index contributed by atoms with van der Waals surface area (Å²) in [4.78, 5) is 16.9. The number of nitrogens with one attached hydrogen (secondary N) is 1. The van der Waals surface area contributed by atoms with E-state index >= 15 is 0 Å². The first-order valence-electron chi connectivity index (χ1n) is 8.53. The summed E-state index contributed by atoms with van der Waals surface area (Å²) in [5.41, 5.74) is 3.34. The van der Waals surface area contributed by atoms with Gasteiger partial charge in [0.05, 0.1) is 5.69 Å². The van der Waals surface area contributed by atoms with Crippen molar-refractivity contribution in [1.29, 1.82) is 0 Å². The average Bonchev–Trinajstić information content (AvgIpc) is 3.04. The maximum absolute atomic E-state index is 12.3. The molecule has 1 amide bonds. The molecule has 2 aromatic rings. The number of aromatic nitrogens is 1. The van der Waals surface area contributed by atoms with Gasteiger partial charge >= 0.3 is 0 Å². The number of carbonyl (C=O) groups excluding carboxylic acids is 1. The molecule has 0 aliphatic rings. The average molecular weight is 330 g/mol. The highest BCUT2D eigenvalue weighted by Crippen LogP contribution is 2.26. The first-order chi connectivity index (χ1) is 11.2. The number of amides is 1. The fourth-order valence-corrected chi connectivity index (χ4v) is 3.28. The SMILES string of the molecule is CCCCC(CC)C(=O)Nc1nc(-c2ccc(CC)cc2)cs1. The number of anilines is 1. The van der Waals surface area contributed by atoms with E-state index in [1.165, 1.54) is 16.9 Å². The normalized spacial score (nSPS) is 12.1. The number of hydrogen-bond donors (Lipinski definition) is 1. The van der Waals surface area contributed by atoms with Gasteiger partial charge in [-0.3, -0.25) is 4.79 Å². The van der Waals surface area contributed by atoms with Crippen molar-refractivity contribution in [2.45, 2.75) is 52.9 Å². The zero-order valence-corrected chi connectivity index (χ0v) is 15.1. The molecule has 1 aromatic heterocycles. The monoisotopic (exact) mass is 330 g/mol. The van der Waals surface area contributed by atoms with Gasteiger partial charge < -0.3 is 5.32 Å². The third-order valence-corrected chi connectivity index (χ3v) is 4.92. The van der Waals surface area contributed by atoms with Crippen LogP contribution in [0, 0.1) is 5.92 Å². The molecule has 3 nitrogen and oxygen atoms in total. The topological polar surface area (TPSA) is 42.0 Å². The third-order valence-electron chi connectivity index (χ3n) is 4.16. The van der Waals surface area contributed by atoms with Gasteiger partial charge in [-0.05, 0) is 24.8 Å². The lowest BCUT2D eigenvalue weighted by Crippen LogP contribution is -2.22. The molecular weight excluding hydrogens is 304 g/mol. The molecule has 0 saturated carbocycles. The first kappa shape index (κ1) is 17.7. The standard InChI is InChI=1S/C19H26N2OS/c1-4-7-8-15(6-3)18(22)21-19-20-17(13-23-19)16-11-9-14(5-2)10-12-16/h9-13,15H,4-8H2,1-3H3,(H,20,21,22). The van der Waals surface area contributed by atoms with E-state index in [-0.39, 0.29) is 11.8 Å². The minimum Gasteiger partial charge on any atom is -0.302 e. The summed E-state index contributed by atoms with van der Waals surface area (Å²) in [6.07, 6.45) is 5.09. The van der Waals surface area contributed by atoms with Crippen LogP contribution in [0.3, 0.4) is 0 Å². The summed E-state index contributed by atoms with van der Waals surface area (Å²) in [7, 11) is 0. The number of nitrogens with zero attached hydrogens (tertiary/aromatic N) is 1. The molecule has 1 unspecified atom stereocenters. The van der Waals surface area contributed by atoms with Crippen LogP contribution in [0.15, 0.2) is 29.6 Å². The zero-order valence-electron chi connectivity index (χ0n) is 14.3. The van der Waals surface area contributed by atoms with Gasteiger partial charge in [0.1, 0.15) is 0 Å². The van der Waals surface area contributed by atoms with Crippen LogP contribution in [-0.2, 0) is 11.2 Å². The molecule has 4 heteroatoms. The second-order valence-corrected chi connectivity index (χ2v) is 6.68. The summed E-state index contributed by atoms with van der Waals surface area (Å²) >= 11 is 1.49. The Bertz CT molecular complexity index is 619. The van der Waals surface area contributed by atoms with Crippen molar-refractivity contribution >= 4 is 22.4 Å². The van der Waals surface area contributed by atoms with Crippen molar-refractivity contribution in [3.05, 3.63) is 35.2 Å². The van der Waals surface area contributed by atoms with E-state index in [0.29, 0.717) is 5.13 Å². The number of unbranched alkanes of at least 4 members (excludes halogenated alkanes) is 1. The molecule has 1 atom stereocenters. The van der Waals surface area contributed by atoms with Crippen molar-refractivity contribution in [2.75, 3.05) is 5.32 Å². The number of benzene rings is 1. The van der Waals surface area contributed by atoms with Crippen LogP contribution in [0.2, 0.25) is 0 Å². The number of hydrogen-bond acceptors (Lipinski definition) is 3. The van der Waals surface area contributed by atoms with Gasteiger partial charge in [0.15, 0.2) is 5.13 Å². The van der Waals surface area contributed by atoms with E-state index in [1.54, 1.807) is 0 Å². The maximum Gasteiger partial charge on any atom is 0.229 e. The van der Waals surface area contributed by atoms with Gasteiger partial charge in [-0.2, -0.15) is 0 Å². The predicted octanol–water partition coefficient (Wildman–Crippen LogP) is 5.53. The molecular formula is C19H26N2OS. The van der Waals surface area contributed by atoms with Crippen LogP contribution in [0.1, 0.15) is 52.0 Å². The van der Waals surface area contributed by atoms with Crippen molar-refractivity contribution in [3.8, 4) is 11.3 Å². The molecule has 2 rings (SSSR count). The second kappa shape index (κ2) is 8.82. The molecule has 0 fully saturated rings. The first-order valence-corrected chi connectivity index (χ1v) is 9.41. The lowest BCUT2D eigenvalue weighted by molar-refractivity contribution is -0.120. The largest absolute Gasteiger partial charge is 0.302 e. The molecule has 0 aliphatic carbocycles. The van der Waals surface area contributed by atoms with Gasteiger partial charge in [-0.15, -0.1) is 11.3 Å². The lowest BCUT2D eigenvalue weighted by Gasteiger charge is -2.12. The highest BCUT2D eigenvalue weighted by atomic mass is 32.1. The summed E-state index contributed by atoms with van der Waals surface area (Å²) in [6, 6.07) is 8.45. The molecule has 0 saturated heterocycles. The van der Waals surface area contributed by atoms with Gasteiger partial charge in [0, 0.05) is 16.9 Å². The number of aryl methyl sites for hydroxylation is 1. The Morgan fingerprint density at radius 1 is 1.22 bits per heavy atom. The van der Waals surface area contributed by atoms with Crippen molar-refractivity contribution in [1.82, 2.24) is 4.98 Å². The van der Waals surface area contributed by atoms with E-state index in [1.807, 2.05) is 5.38 Å². The van der Waals surface area contributed by atoms with Crippen molar-refractivity contribution in [3.63, 3.8) is 0 Å². The molecule has 1 heterocycles. The molecule has 0 bridgehead atoms. The Kier molecular flexibility index (Phi) is 6.78. The number of carbonyl (C=O) groups is 1. The maximum atomic E-state index is 12.3. The Morgan fingerprint density at radius 3 is 2.57 bits per heavy atom. The predicted molar refractivity (Wildman–Crippen MR) is 98.9 cm³/mol. The quantitative estimate of drug-likeness (QED) is 0.691. The summed E-state index contributed by atoms with van der Waals surface area (Å²) < 4.78 is 0. The fourth-order valence-electron chi connectivity index (χ4n) is 2.55. The number of thiazole rings is 1. The van der Waals surface area contributed by atoms with E-state index in [9.17, 15) is 4.79 Å². The zero-order chi connectivity index (χ0) is 16.7. The second-order valence-electron chi connectivity index (χ2n) is 5.83. The third kappa shape index (κ3) is 4.90. The Hall–Kier alpha value is -1.68. The van der Waals surface area contributed by atoms with Crippen LogP contribution >= 0.6 is 11.3 Å². The summed E-state index contributed by atoms with van der Waals surface area (Å²) in [5.74, 6) is 0.189. The van der Waals surface area contributed by atoms with E-state index in [0.717, 1.165) is 43.4 Å². The minimum absolute atomic E-state index is 0.0890. The molecule has 1 N–H and O–H groups in total. The van der Waals surface area contributed by atoms with Crippen LogP contribution in [0.4, 0.5) is 5.13 Å². The van der Waals surface area contributed by atoms with E-state index in [2.05, 4.69) is 55.3 Å². The van der Waals surface area contributed by atoms with Crippen LogP contribution in [0.5, 0.6) is 0 Å².